The summed E-state index contributed by atoms with van der Waals surface area (Å²) in [5.74, 6) is -1.78. The van der Waals surface area contributed by atoms with E-state index in [1.165, 1.54) is 4.31 Å². The van der Waals surface area contributed by atoms with E-state index < -0.39 is 28.2 Å². The summed E-state index contributed by atoms with van der Waals surface area (Å²) < 4.78 is 68.9. The van der Waals surface area contributed by atoms with Gasteiger partial charge in [-0.05, 0) is 56.0 Å². The molecule has 0 bridgehead atoms. The van der Waals surface area contributed by atoms with Crippen molar-refractivity contribution in [1.29, 1.82) is 0 Å². The van der Waals surface area contributed by atoms with Crippen LogP contribution >= 0.6 is 0 Å². The van der Waals surface area contributed by atoms with Gasteiger partial charge in [-0.25, -0.2) is 12.8 Å². The zero-order valence-corrected chi connectivity index (χ0v) is 13.8. The summed E-state index contributed by atoms with van der Waals surface area (Å²) >= 11 is 0. The molecular formula is C15H19F3N2O3S. The van der Waals surface area contributed by atoms with Crippen LogP contribution in [0.25, 0.3) is 0 Å². The molecular weight excluding hydrogens is 345 g/mol. The Morgan fingerprint density at radius 3 is 2.54 bits per heavy atom. The summed E-state index contributed by atoms with van der Waals surface area (Å²) in [5.41, 5.74) is -0.0183. The fourth-order valence-electron chi connectivity index (χ4n) is 3.45. The van der Waals surface area contributed by atoms with E-state index in [-0.39, 0.29) is 10.3 Å². The number of hydrogen-bond donors (Lipinski definition) is 1. The topological polar surface area (TPSA) is 58.6 Å². The van der Waals surface area contributed by atoms with Crippen LogP contribution in [0.3, 0.4) is 0 Å². The Labute approximate surface area is 138 Å². The van der Waals surface area contributed by atoms with Crippen molar-refractivity contribution in [2.75, 3.05) is 26.2 Å². The summed E-state index contributed by atoms with van der Waals surface area (Å²) in [7, 11) is -3.85. The molecule has 0 unspecified atom stereocenters. The van der Waals surface area contributed by atoms with E-state index in [1.807, 2.05) is 0 Å². The minimum atomic E-state index is -3.85. The summed E-state index contributed by atoms with van der Waals surface area (Å²) in [4.78, 5) is -0.243. The maximum atomic E-state index is 13.8. The lowest BCUT2D eigenvalue weighted by atomic mass is 9.78. The highest BCUT2D eigenvalue weighted by Gasteiger charge is 2.43. The van der Waals surface area contributed by atoms with Gasteiger partial charge in [-0.15, -0.1) is 0 Å². The minimum Gasteiger partial charge on any atom is -0.432 e. The fourth-order valence-corrected chi connectivity index (χ4v) is 5.01. The van der Waals surface area contributed by atoms with Gasteiger partial charge in [0.1, 0.15) is 0 Å². The van der Waals surface area contributed by atoms with Crippen LogP contribution < -0.4 is 10.1 Å². The summed E-state index contributed by atoms with van der Waals surface area (Å²) in [6, 6.07) is 2.76. The third-order valence-electron chi connectivity index (χ3n) is 4.82. The third kappa shape index (κ3) is 3.38. The molecule has 1 N–H and O–H groups in total. The summed E-state index contributed by atoms with van der Waals surface area (Å²) in [6.07, 6.45) is 2.60. The van der Waals surface area contributed by atoms with Crippen LogP contribution in [-0.2, 0) is 10.0 Å². The number of benzene rings is 1. The molecule has 5 nitrogen and oxygen atoms in total. The van der Waals surface area contributed by atoms with E-state index in [2.05, 4.69) is 10.1 Å². The van der Waals surface area contributed by atoms with E-state index in [9.17, 15) is 21.6 Å². The number of hydrogen-bond acceptors (Lipinski definition) is 4. The molecule has 0 amide bonds. The fraction of sp³-hybridized carbons (Fsp3) is 0.600. The van der Waals surface area contributed by atoms with Crippen molar-refractivity contribution >= 4 is 10.0 Å². The molecule has 0 atom stereocenters. The predicted molar refractivity (Wildman–Crippen MR) is 80.9 cm³/mol. The SMILES string of the molecule is O=S(=O)(c1ccc(OC(F)F)c(F)c1)N1CCC2(CCNCC2)C1. The van der Waals surface area contributed by atoms with Crippen molar-refractivity contribution in [3.63, 3.8) is 0 Å². The van der Waals surface area contributed by atoms with E-state index in [4.69, 9.17) is 0 Å². The first kappa shape index (κ1) is 17.5. The van der Waals surface area contributed by atoms with Crippen molar-refractivity contribution in [3.05, 3.63) is 24.0 Å². The third-order valence-corrected chi connectivity index (χ3v) is 6.67. The Balaban J connectivity index is 1.79. The Morgan fingerprint density at radius 2 is 1.92 bits per heavy atom. The van der Waals surface area contributed by atoms with E-state index in [0.29, 0.717) is 13.1 Å². The van der Waals surface area contributed by atoms with Crippen molar-refractivity contribution < 1.29 is 26.3 Å². The lowest BCUT2D eigenvalue weighted by Gasteiger charge is -2.33. The predicted octanol–water partition coefficient (Wildman–Crippen LogP) is 2.19. The van der Waals surface area contributed by atoms with Crippen LogP contribution in [0.4, 0.5) is 13.2 Å². The van der Waals surface area contributed by atoms with Gasteiger partial charge >= 0.3 is 6.61 Å². The number of halogens is 3. The van der Waals surface area contributed by atoms with Crippen LogP contribution in [-0.4, -0.2) is 45.5 Å². The molecule has 9 heteroatoms. The van der Waals surface area contributed by atoms with Gasteiger partial charge in [-0.3, -0.25) is 0 Å². The van der Waals surface area contributed by atoms with Crippen LogP contribution in [0.5, 0.6) is 5.75 Å². The standard InChI is InChI=1S/C15H19F3N2O3S/c16-12-9-11(1-2-13(12)23-14(17)18)24(21,22)20-8-5-15(10-20)3-6-19-7-4-15/h1-2,9,14,19H,3-8,10H2. The first-order valence-electron chi connectivity index (χ1n) is 7.78. The van der Waals surface area contributed by atoms with Crippen molar-refractivity contribution in [1.82, 2.24) is 9.62 Å². The van der Waals surface area contributed by atoms with E-state index >= 15 is 0 Å². The molecule has 0 aromatic heterocycles. The van der Waals surface area contributed by atoms with Crippen LogP contribution in [0.2, 0.25) is 0 Å². The quantitative estimate of drug-likeness (QED) is 0.890. The molecule has 1 aromatic carbocycles. The normalized spacial score (nSPS) is 21.5. The molecule has 3 rings (SSSR count). The first-order valence-corrected chi connectivity index (χ1v) is 9.22. The smallest absolute Gasteiger partial charge is 0.387 e. The number of nitrogens with zero attached hydrogens (tertiary/aromatic N) is 1. The zero-order chi connectivity index (χ0) is 17.4. The molecule has 2 saturated heterocycles. The van der Waals surface area contributed by atoms with Crippen LogP contribution in [0, 0.1) is 11.2 Å². The molecule has 0 radical (unpaired) electrons. The molecule has 2 aliphatic rings. The van der Waals surface area contributed by atoms with Crippen LogP contribution in [0.1, 0.15) is 19.3 Å². The van der Waals surface area contributed by atoms with Gasteiger partial charge < -0.3 is 10.1 Å². The molecule has 2 fully saturated rings. The lowest BCUT2D eigenvalue weighted by molar-refractivity contribution is -0.0522. The number of piperidine rings is 1. The van der Waals surface area contributed by atoms with Gasteiger partial charge in [0.05, 0.1) is 4.90 Å². The molecule has 0 saturated carbocycles. The second kappa shape index (κ2) is 6.53. The Morgan fingerprint density at radius 1 is 1.21 bits per heavy atom. The van der Waals surface area contributed by atoms with Gasteiger partial charge in [0.25, 0.3) is 0 Å². The van der Waals surface area contributed by atoms with Gasteiger partial charge in [0, 0.05) is 13.1 Å². The van der Waals surface area contributed by atoms with Gasteiger partial charge in [0.15, 0.2) is 11.6 Å². The average molecular weight is 364 g/mol. The lowest BCUT2D eigenvalue weighted by Crippen LogP contribution is -2.39. The molecule has 2 aliphatic heterocycles. The number of nitrogens with one attached hydrogen (secondary N) is 1. The summed E-state index contributed by atoms with van der Waals surface area (Å²) in [6.45, 7) is -0.641. The highest BCUT2D eigenvalue weighted by molar-refractivity contribution is 7.89. The molecule has 134 valence electrons. The second-order valence-electron chi connectivity index (χ2n) is 6.31. The second-order valence-corrected chi connectivity index (χ2v) is 8.25. The molecule has 0 aliphatic carbocycles. The molecule has 1 spiro atoms. The maximum Gasteiger partial charge on any atom is 0.387 e. The Hall–Kier alpha value is -1.32. The Kier molecular flexibility index (Phi) is 4.76. The minimum absolute atomic E-state index is 0.0183. The van der Waals surface area contributed by atoms with E-state index in [1.54, 1.807) is 0 Å². The zero-order valence-electron chi connectivity index (χ0n) is 13.0. The van der Waals surface area contributed by atoms with Gasteiger partial charge in [-0.2, -0.15) is 13.1 Å². The maximum absolute atomic E-state index is 13.8. The van der Waals surface area contributed by atoms with Gasteiger partial charge in [-0.1, -0.05) is 0 Å². The van der Waals surface area contributed by atoms with Crippen molar-refractivity contribution in [2.45, 2.75) is 30.8 Å². The molecule has 24 heavy (non-hydrogen) atoms. The number of alkyl halides is 2. The van der Waals surface area contributed by atoms with Crippen molar-refractivity contribution in [3.8, 4) is 5.75 Å². The van der Waals surface area contributed by atoms with E-state index in [0.717, 1.165) is 50.6 Å². The monoisotopic (exact) mass is 364 g/mol. The van der Waals surface area contributed by atoms with Crippen molar-refractivity contribution in [2.24, 2.45) is 5.41 Å². The molecule has 2 heterocycles. The number of sulfonamides is 1. The Bertz CT molecular complexity index is 706. The first-order chi connectivity index (χ1) is 11.3. The largest absolute Gasteiger partial charge is 0.432 e. The van der Waals surface area contributed by atoms with Gasteiger partial charge in [0.2, 0.25) is 10.0 Å². The molecule has 1 aromatic rings. The highest BCUT2D eigenvalue weighted by atomic mass is 32.2. The summed E-state index contributed by atoms with van der Waals surface area (Å²) in [5, 5.41) is 3.26. The number of rotatable bonds is 4. The highest BCUT2D eigenvalue weighted by Crippen LogP contribution is 2.40. The number of ether oxygens (including phenoxy) is 1. The average Bonchev–Trinajstić information content (AvgIpc) is 2.94. The van der Waals surface area contributed by atoms with Crippen LogP contribution in [0.15, 0.2) is 23.1 Å².